The van der Waals surface area contributed by atoms with Gasteiger partial charge < -0.3 is 14.6 Å². The van der Waals surface area contributed by atoms with E-state index in [1.54, 1.807) is 21.6 Å². The van der Waals surface area contributed by atoms with Gasteiger partial charge in [-0.2, -0.15) is 31.4 Å². The number of carbonyl (C=O) groups is 2. The van der Waals surface area contributed by atoms with Gasteiger partial charge >= 0.3 is 24.3 Å². The van der Waals surface area contributed by atoms with Crippen molar-refractivity contribution in [2.24, 2.45) is 0 Å². The van der Waals surface area contributed by atoms with Crippen molar-refractivity contribution < 1.29 is 50.6 Å². The summed E-state index contributed by atoms with van der Waals surface area (Å²) in [6, 6.07) is 5.57. The monoisotopic (exact) mass is 568 g/mol. The molecule has 0 saturated carbocycles. The Morgan fingerprint density at radius 3 is 2.13 bits per heavy atom. The molecule has 0 fully saturated rings. The number of rotatable bonds is 4. The van der Waals surface area contributed by atoms with Gasteiger partial charge in [-0.25, -0.2) is 24.2 Å². The number of furan rings is 1. The lowest BCUT2D eigenvalue weighted by Gasteiger charge is -2.18. The van der Waals surface area contributed by atoms with Gasteiger partial charge in [-0.05, 0) is 25.5 Å². The van der Waals surface area contributed by atoms with Crippen molar-refractivity contribution >= 4 is 11.9 Å². The fourth-order valence-corrected chi connectivity index (χ4v) is 3.18. The summed E-state index contributed by atoms with van der Waals surface area (Å²) in [5.74, 6) is -2.87. The molecule has 214 valence electrons. The van der Waals surface area contributed by atoms with Crippen LogP contribution in [0.25, 0.3) is 0 Å². The van der Waals surface area contributed by atoms with Crippen molar-refractivity contribution in [3.05, 3.63) is 64.2 Å². The van der Waals surface area contributed by atoms with Crippen molar-refractivity contribution in [1.29, 1.82) is 0 Å². The highest BCUT2D eigenvalue weighted by molar-refractivity contribution is 5.73. The lowest BCUT2D eigenvalue weighted by Crippen LogP contribution is -2.27. The molecule has 4 heterocycles. The molecule has 0 atom stereocenters. The number of hydrogen-bond acceptors (Lipinski definition) is 8. The molecule has 0 saturated heterocycles. The van der Waals surface area contributed by atoms with E-state index in [-0.39, 0.29) is 5.56 Å². The highest BCUT2D eigenvalue weighted by atomic mass is 19.4. The van der Waals surface area contributed by atoms with Crippen LogP contribution in [0.5, 0.6) is 0 Å². The van der Waals surface area contributed by atoms with Crippen molar-refractivity contribution in [2.75, 3.05) is 6.54 Å². The number of fused-ring (bicyclic) bond motifs is 1. The van der Waals surface area contributed by atoms with Gasteiger partial charge in [0.2, 0.25) is 0 Å². The molecule has 0 radical (unpaired) electrons. The lowest BCUT2D eigenvalue weighted by atomic mass is 10.3. The molecule has 39 heavy (non-hydrogen) atoms. The van der Waals surface area contributed by atoms with Gasteiger partial charge in [0, 0.05) is 19.2 Å². The third-order valence-electron chi connectivity index (χ3n) is 4.81. The first kappa shape index (κ1) is 31.0. The Balaban J connectivity index is 0.000000317. The SMILES string of the molecule is Cc1ccc(CN2CCCn3c(nc(Cn4cncn4)cc3=O)C2)o1.O=C(O)C(F)(F)F.O=C(O)C(F)(F)F. The molecule has 0 aromatic carbocycles. The van der Waals surface area contributed by atoms with Gasteiger partial charge in [0.15, 0.2) is 0 Å². The fraction of sp³-hybridized carbons (Fsp3) is 0.429. The van der Waals surface area contributed by atoms with Crippen LogP contribution < -0.4 is 5.56 Å². The third-order valence-corrected chi connectivity index (χ3v) is 4.81. The summed E-state index contributed by atoms with van der Waals surface area (Å²) >= 11 is 0. The van der Waals surface area contributed by atoms with Crippen molar-refractivity contribution in [2.45, 2.75) is 51.9 Å². The second-order valence-electron chi connectivity index (χ2n) is 7.93. The Hall–Kier alpha value is -4.22. The van der Waals surface area contributed by atoms with Crippen LogP contribution in [0.3, 0.4) is 0 Å². The van der Waals surface area contributed by atoms with E-state index in [0.717, 1.165) is 36.9 Å². The number of aryl methyl sites for hydroxylation is 1. The molecule has 1 aliphatic rings. The highest BCUT2D eigenvalue weighted by Gasteiger charge is 2.38. The zero-order valence-corrected chi connectivity index (χ0v) is 20.1. The van der Waals surface area contributed by atoms with Crippen molar-refractivity contribution in [1.82, 2.24) is 29.2 Å². The van der Waals surface area contributed by atoms with E-state index in [1.807, 2.05) is 19.1 Å². The van der Waals surface area contributed by atoms with Gasteiger partial charge in [0.25, 0.3) is 5.56 Å². The molecule has 1 aliphatic heterocycles. The lowest BCUT2D eigenvalue weighted by molar-refractivity contribution is -0.193. The summed E-state index contributed by atoms with van der Waals surface area (Å²) < 4.78 is 72.6. The molecular formula is C21H22F6N6O6. The number of nitrogens with zero attached hydrogens (tertiary/aromatic N) is 6. The molecule has 0 amide bonds. The smallest absolute Gasteiger partial charge is 0.475 e. The van der Waals surface area contributed by atoms with Crippen LogP contribution in [0, 0.1) is 6.92 Å². The Morgan fingerprint density at radius 2 is 1.64 bits per heavy atom. The minimum Gasteiger partial charge on any atom is -0.475 e. The van der Waals surface area contributed by atoms with Crippen LogP contribution in [-0.2, 0) is 35.8 Å². The topological polar surface area (TPSA) is 157 Å². The normalized spacial score (nSPS) is 13.7. The summed E-state index contributed by atoms with van der Waals surface area (Å²) in [5, 5.41) is 18.3. The predicted molar refractivity (Wildman–Crippen MR) is 117 cm³/mol. The average molecular weight is 568 g/mol. The zero-order chi connectivity index (χ0) is 29.4. The van der Waals surface area contributed by atoms with Crippen LogP contribution in [0.1, 0.15) is 29.5 Å². The van der Waals surface area contributed by atoms with Gasteiger partial charge in [0.05, 0.1) is 25.3 Å². The van der Waals surface area contributed by atoms with Crippen molar-refractivity contribution in [3.8, 4) is 0 Å². The molecule has 0 unspecified atom stereocenters. The standard InChI is InChI=1S/C17H20N6O2.2C2HF3O2/c1-13-3-4-15(25-13)9-21-5-2-6-23-16(10-21)20-14(7-17(23)24)8-22-12-18-11-19-22;2*3-2(4,5)1(6)7/h3-4,7,11-12H,2,5-6,8-10H2,1H3;2*(H,6,7). The Bertz CT molecular complexity index is 1280. The van der Waals surface area contributed by atoms with Crippen LogP contribution in [-0.4, -0.2) is 70.3 Å². The molecule has 2 N–H and O–H groups in total. The summed E-state index contributed by atoms with van der Waals surface area (Å²) in [6.07, 6.45) is -6.16. The van der Waals surface area contributed by atoms with E-state index < -0.39 is 24.3 Å². The number of halogens is 6. The minimum atomic E-state index is -5.08. The number of aromatic nitrogens is 5. The quantitative estimate of drug-likeness (QED) is 0.448. The first-order valence-corrected chi connectivity index (χ1v) is 10.9. The molecule has 0 spiro atoms. The van der Waals surface area contributed by atoms with E-state index in [1.165, 1.54) is 6.33 Å². The molecule has 4 rings (SSSR count). The second-order valence-corrected chi connectivity index (χ2v) is 7.93. The zero-order valence-electron chi connectivity index (χ0n) is 20.1. The Kier molecular flexibility index (Phi) is 10.4. The second kappa shape index (κ2) is 13.0. The predicted octanol–water partition coefficient (Wildman–Crippen LogP) is 2.46. The van der Waals surface area contributed by atoms with E-state index in [4.69, 9.17) is 29.2 Å². The summed E-state index contributed by atoms with van der Waals surface area (Å²) in [5.41, 5.74) is 0.702. The fourth-order valence-electron chi connectivity index (χ4n) is 3.18. The van der Waals surface area contributed by atoms with E-state index in [9.17, 15) is 31.1 Å². The number of carboxylic acid groups (broad SMARTS) is 2. The summed E-state index contributed by atoms with van der Waals surface area (Å²) in [7, 11) is 0. The van der Waals surface area contributed by atoms with Crippen molar-refractivity contribution in [3.63, 3.8) is 0 Å². The average Bonchev–Trinajstić information content (AvgIpc) is 3.41. The maximum atomic E-state index is 12.5. The maximum Gasteiger partial charge on any atom is 0.490 e. The third kappa shape index (κ3) is 10.2. The van der Waals surface area contributed by atoms with E-state index >= 15 is 0 Å². The molecule has 18 heteroatoms. The van der Waals surface area contributed by atoms with Crippen LogP contribution >= 0.6 is 0 Å². The van der Waals surface area contributed by atoms with Gasteiger partial charge in [0.1, 0.15) is 30.0 Å². The number of carboxylic acids is 2. The van der Waals surface area contributed by atoms with Crippen LogP contribution in [0.2, 0.25) is 0 Å². The number of hydrogen-bond donors (Lipinski definition) is 2. The van der Waals surface area contributed by atoms with Gasteiger partial charge in [-0.3, -0.25) is 14.3 Å². The molecular weight excluding hydrogens is 546 g/mol. The largest absolute Gasteiger partial charge is 0.490 e. The highest BCUT2D eigenvalue weighted by Crippen LogP contribution is 2.16. The number of alkyl halides is 6. The summed E-state index contributed by atoms with van der Waals surface area (Å²) in [6.45, 7) is 5.33. The minimum absolute atomic E-state index is 0.00388. The van der Waals surface area contributed by atoms with E-state index in [2.05, 4.69) is 15.0 Å². The Morgan fingerprint density at radius 1 is 1.03 bits per heavy atom. The van der Waals surface area contributed by atoms with Crippen LogP contribution in [0.4, 0.5) is 26.3 Å². The van der Waals surface area contributed by atoms with E-state index in [0.29, 0.717) is 25.3 Å². The van der Waals surface area contributed by atoms with Gasteiger partial charge in [-0.15, -0.1) is 0 Å². The number of aliphatic carboxylic acids is 2. The molecule has 0 aliphatic carbocycles. The first-order valence-electron chi connectivity index (χ1n) is 10.9. The molecule has 0 bridgehead atoms. The summed E-state index contributed by atoms with van der Waals surface area (Å²) in [4.78, 5) is 41.2. The van der Waals surface area contributed by atoms with Gasteiger partial charge in [-0.1, -0.05) is 0 Å². The first-order chi connectivity index (χ1) is 18.1. The molecule has 12 nitrogen and oxygen atoms in total. The molecule has 3 aromatic rings. The maximum absolute atomic E-state index is 12.5. The molecule has 3 aromatic heterocycles. The Labute approximate surface area is 215 Å². The van der Waals surface area contributed by atoms with Crippen LogP contribution in [0.15, 0.2) is 40.1 Å².